The van der Waals surface area contributed by atoms with Crippen LogP contribution in [0.15, 0.2) is 18.2 Å². The Labute approximate surface area is 99.8 Å². The molecule has 16 heavy (non-hydrogen) atoms. The molecule has 1 aliphatic heterocycles. The number of rotatable bonds is 3. The van der Waals surface area contributed by atoms with Crippen molar-refractivity contribution >= 4 is 23.1 Å². The van der Waals surface area contributed by atoms with Crippen LogP contribution < -0.4 is 11.1 Å². The summed E-state index contributed by atoms with van der Waals surface area (Å²) in [5, 5.41) is 3.25. The third kappa shape index (κ3) is 2.82. The average Bonchev–Trinajstić information content (AvgIpc) is 2.32. The number of hydrogen-bond donors (Lipinski definition) is 2. The van der Waals surface area contributed by atoms with Crippen molar-refractivity contribution in [1.29, 1.82) is 0 Å². The number of benzene rings is 1. The van der Waals surface area contributed by atoms with Crippen molar-refractivity contribution in [2.75, 3.05) is 29.1 Å². The van der Waals surface area contributed by atoms with Gasteiger partial charge < -0.3 is 11.1 Å². The summed E-state index contributed by atoms with van der Waals surface area (Å²) in [5.41, 5.74) is 6.61. The van der Waals surface area contributed by atoms with E-state index in [9.17, 15) is 4.39 Å². The normalized spacial score (nSPS) is 17.3. The fraction of sp³-hybridized carbons (Fsp3) is 0.500. The third-order valence-corrected chi connectivity index (χ3v) is 4.02. The van der Waals surface area contributed by atoms with Gasteiger partial charge in [-0.2, -0.15) is 11.8 Å². The Morgan fingerprint density at radius 2 is 2.12 bits per heavy atom. The van der Waals surface area contributed by atoms with Crippen molar-refractivity contribution in [2.45, 2.75) is 12.8 Å². The van der Waals surface area contributed by atoms with Crippen LogP contribution in [0.25, 0.3) is 0 Å². The van der Waals surface area contributed by atoms with E-state index in [0.29, 0.717) is 5.92 Å². The minimum absolute atomic E-state index is 0.229. The summed E-state index contributed by atoms with van der Waals surface area (Å²) in [6.07, 6.45) is 2.49. The van der Waals surface area contributed by atoms with Crippen LogP contribution in [0.2, 0.25) is 0 Å². The molecule has 4 heteroatoms. The maximum absolute atomic E-state index is 13.2. The Kier molecular flexibility index (Phi) is 3.93. The molecule has 0 spiro atoms. The fourth-order valence-electron chi connectivity index (χ4n) is 1.90. The molecule has 0 aliphatic carbocycles. The van der Waals surface area contributed by atoms with E-state index in [1.165, 1.54) is 30.4 Å². The van der Waals surface area contributed by atoms with Gasteiger partial charge in [-0.1, -0.05) is 6.07 Å². The summed E-state index contributed by atoms with van der Waals surface area (Å²) in [5.74, 6) is 2.84. The highest BCUT2D eigenvalue weighted by molar-refractivity contribution is 7.99. The first-order chi connectivity index (χ1) is 7.77. The van der Waals surface area contributed by atoms with E-state index in [2.05, 4.69) is 5.32 Å². The van der Waals surface area contributed by atoms with Gasteiger partial charge in [-0.3, -0.25) is 0 Å². The molecule has 0 bridgehead atoms. The van der Waals surface area contributed by atoms with Crippen LogP contribution in [0.4, 0.5) is 15.8 Å². The molecule has 0 atom stereocenters. The molecule has 0 saturated carbocycles. The van der Waals surface area contributed by atoms with Crippen molar-refractivity contribution in [2.24, 2.45) is 5.92 Å². The van der Waals surface area contributed by atoms with E-state index in [-0.39, 0.29) is 11.5 Å². The molecule has 1 aromatic rings. The van der Waals surface area contributed by atoms with E-state index in [0.717, 1.165) is 12.2 Å². The molecule has 1 aromatic carbocycles. The van der Waals surface area contributed by atoms with Gasteiger partial charge in [0.2, 0.25) is 0 Å². The second-order valence-corrected chi connectivity index (χ2v) is 5.36. The first-order valence-electron chi connectivity index (χ1n) is 5.63. The van der Waals surface area contributed by atoms with Gasteiger partial charge in [0.1, 0.15) is 5.82 Å². The summed E-state index contributed by atoms with van der Waals surface area (Å²) >= 11 is 2.01. The van der Waals surface area contributed by atoms with Crippen LogP contribution in [-0.4, -0.2) is 18.1 Å². The highest BCUT2D eigenvalue weighted by Crippen LogP contribution is 2.25. The maximum Gasteiger partial charge on any atom is 0.148 e. The molecule has 3 N–H and O–H groups in total. The minimum Gasteiger partial charge on any atom is -0.395 e. The molecule has 0 amide bonds. The van der Waals surface area contributed by atoms with Gasteiger partial charge in [-0.05, 0) is 42.4 Å². The average molecular weight is 240 g/mol. The highest BCUT2D eigenvalue weighted by atomic mass is 32.2. The van der Waals surface area contributed by atoms with Gasteiger partial charge in [-0.15, -0.1) is 0 Å². The third-order valence-electron chi connectivity index (χ3n) is 2.97. The zero-order valence-corrected chi connectivity index (χ0v) is 10.0. The van der Waals surface area contributed by atoms with Crippen LogP contribution in [-0.2, 0) is 0 Å². The van der Waals surface area contributed by atoms with E-state index in [1.807, 2.05) is 17.8 Å². The summed E-state index contributed by atoms with van der Waals surface area (Å²) in [6.45, 7) is 0.897. The zero-order chi connectivity index (χ0) is 11.4. The van der Waals surface area contributed by atoms with Crippen LogP contribution in [0.3, 0.4) is 0 Å². The lowest BCUT2D eigenvalue weighted by molar-refractivity contribution is 0.516. The number of anilines is 2. The monoisotopic (exact) mass is 240 g/mol. The van der Waals surface area contributed by atoms with Gasteiger partial charge in [0.25, 0.3) is 0 Å². The standard InChI is InChI=1S/C12H17FN2S/c13-10-2-1-3-11(12(10)14)15-8-9-4-6-16-7-5-9/h1-3,9,15H,4-8,14H2. The van der Waals surface area contributed by atoms with Crippen molar-refractivity contribution in [3.63, 3.8) is 0 Å². The Morgan fingerprint density at radius 3 is 2.88 bits per heavy atom. The summed E-state index contributed by atoms with van der Waals surface area (Å²) in [4.78, 5) is 0. The lowest BCUT2D eigenvalue weighted by atomic mass is 10.0. The predicted octanol–water partition coefficient (Wildman–Crippen LogP) is 2.96. The zero-order valence-electron chi connectivity index (χ0n) is 9.21. The lowest BCUT2D eigenvalue weighted by Crippen LogP contribution is -2.19. The molecule has 0 unspecified atom stereocenters. The van der Waals surface area contributed by atoms with E-state index < -0.39 is 0 Å². The van der Waals surface area contributed by atoms with E-state index in [1.54, 1.807) is 6.07 Å². The fourth-order valence-corrected chi connectivity index (χ4v) is 3.10. The second kappa shape index (κ2) is 5.43. The largest absolute Gasteiger partial charge is 0.395 e. The van der Waals surface area contributed by atoms with Crippen molar-refractivity contribution in [3.8, 4) is 0 Å². The number of para-hydroxylation sites is 1. The maximum atomic E-state index is 13.2. The number of halogens is 1. The van der Waals surface area contributed by atoms with Gasteiger partial charge >= 0.3 is 0 Å². The molecule has 0 aromatic heterocycles. The van der Waals surface area contributed by atoms with E-state index >= 15 is 0 Å². The molecular formula is C12H17FN2S. The Morgan fingerprint density at radius 1 is 1.38 bits per heavy atom. The molecule has 0 radical (unpaired) electrons. The van der Waals surface area contributed by atoms with E-state index in [4.69, 9.17) is 5.73 Å². The molecular weight excluding hydrogens is 223 g/mol. The molecule has 1 fully saturated rings. The molecule has 2 rings (SSSR count). The summed E-state index contributed by atoms with van der Waals surface area (Å²) in [6, 6.07) is 4.90. The Balaban J connectivity index is 1.91. The SMILES string of the molecule is Nc1c(F)cccc1NCC1CCSCC1. The molecule has 1 aliphatic rings. The quantitative estimate of drug-likeness (QED) is 0.798. The predicted molar refractivity (Wildman–Crippen MR) is 69.4 cm³/mol. The van der Waals surface area contributed by atoms with Crippen molar-refractivity contribution < 1.29 is 4.39 Å². The summed E-state index contributed by atoms with van der Waals surface area (Å²) in [7, 11) is 0. The molecule has 2 nitrogen and oxygen atoms in total. The van der Waals surface area contributed by atoms with Crippen molar-refractivity contribution in [3.05, 3.63) is 24.0 Å². The Hall–Kier alpha value is -0.900. The van der Waals surface area contributed by atoms with Crippen LogP contribution in [0.1, 0.15) is 12.8 Å². The second-order valence-electron chi connectivity index (χ2n) is 4.14. The minimum atomic E-state index is -0.343. The molecule has 1 heterocycles. The van der Waals surface area contributed by atoms with Crippen LogP contribution >= 0.6 is 11.8 Å². The van der Waals surface area contributed by atoms with Gasteiger partial charge in [0.15, 0.2) is 0 Å². The van der Waals surface area contributed by atoms with Gasteiger partial charge in [0, 0.05) is 6.54 Å². The van der Waals surface area contributed by atoms with Crippen LogP contribution in [0, 0.1) is 11.7 Å². The first kappa shape index (κ1) is 11.6. The van der Waals surface area contributed by atoms with Gasteiger partial charge in [-0.25, -0.2) is 4.39 Å². The lowest BCUT2D eigenvalue weighted by Gasteiger charge is -2.22. The number of nitrogen functional groups attached to an aromatic ring is 1. The molecule has 1 saturated heterocycles. The van der Waals surface area contributed by atoms with Crippen molar-refractivity contribution in [1.82, 2.24) is 0 Å². The number of nitrogens with one attached hydrogen (secondary N) is 1. The highest BCUT2D eigenvalue weighted by Gasteiger charge is 2.14. The topological polar surface area (TPSA) is 38.0 Å². The van der Waals surface area contributed by atoms with Crippen LogP contribution in [0.5, 0.6) is 0 Å². The number of hydrogen-bond acceptors (Lipinski definition) is 3. The number of nitrogens with two attached hydrogens (primary N) is 1. The molecule has 88 valence electrons. The number of thioether (sulfide) groups is 1. The summed E-state index contributed by atoms with van der Waals surface area (Å²) < 4.78 is 13.2. The smallest absolute Gasteiger partial charge is 0.148 e. The van der Waals surface area contributed by atoms with Gasteiger partial charge in [0.05, 0.1) is 11.4 Å². The first-order valence-corrected chi connectivity index (χ1v) is 6.78. The Bertz CT molecular complexity index is 351.